The predicted molar refractivity (Wildman–Crippen MR) is 85.0 cm³/mol. The number of hydrogen-bond donors (Lipinski definition) is 1. The number of carbonyl (C=O) groups excluding carboxylic acids is 1. The van der Waals surface area contributed by atoms with Crippen molar-refractivity contribution in [1.29, 1.82) is 0 Å². The second-order valence-corrected chi connectivity index (χ2v) is 6.00. The van der Waals surface area contributed by atoms with E-state index in [1.54, 1.807) is 0 Å². The van der Waals surface area contributed by atoms with Gasteiger partial charge in [-0.15, -0.1) is 0 Å². The summed E-state index contributed by atoms with van der Waals surface area (Å²) < 4.78 is 5.77. The molecule has 1 amide bonds. The van der Waals surface area contributed by atoms with Crippen molar-refractivity contribution in [3.05, 3.63) is 35.9 Å². The molecule has 1 aromatic rings. The normalized spacial score (nSPS) is 23.0. The van der Waals surface area contributed by atoms with Crippen molar-refractivity contribution in [2.75, 3.05) is 0 Å². The first-order valence-corrected chi connectivity index (χ1v) is 8.18. The average molecular weight is 289 g/mol. The third kappa shape index (κ3) is 5.16. The first-order valence-electron chi connectivity index (χ1n) is 8.18. The lowest BCUT2D eigenvalue weighted by atomic mass is 10.0. The van der Waals surface area contributed by atoms with Gasteiger partial charge in [0.25, 0.3) is 0 Å². The molecule has 0 spiro atoms. The number of ether oxygens (including phenoxy) is 1. The van der Waals surface area contributed by atoms with Crippen molar-refractivity contribution in [2.24, 2.45) is 0 Å². The molecule has 1 N–H and O–H groups in total. The number of rotatable bonds is 7. The quantitative estimate of drug-likeness (QED) is 0.824. The van der Waals surface area contributed by atoms with Gasteiger partial charge in [0.15, 0.2) is 0 Å². The Labute approximate surface area is 128 Å². The van der Waals surface area contributed by atoms with Crippen LogP contribution in [0.15, 0.2) is 30.3 Å². The van der Waals surface area contributed by atoms with Crippen LogP contribution in [-0.2, 0) is 9.53 Å². The summed E-state index contributed by atoms with van der Waals surface area (Å²) in [5.41, 5.74) is 1.19. The second kappa shape index (κ2) is 8.18. The summed E-state index contributed by atoms with van der Waals surface area (Å²) in [7, 11) is 0. The van der Waals surface area contributed by atoms with Crippen LogP contribution in [0.4, 0.5) is 0 Å². The zero-order valence-electron chi connectivity index (χ0n) is 13.2. The molecular weight excluding hydrogens is 262 g/mol. The van der Waals surface area contributed by atoms with Gasteiger partial charge in [-0.05, 0) is 38.2 Å². The first-order chi connectivity index (χ1) is 10.2. The van der Waals surface area contributed by atoms with Gasteiger partial charge in [-0.25, -0.2) is 0 Å². The molecule has 0 aromatic heterocycles. The molecule has 3 atom stereocenters. The van der Waals surface area contributed by atoms with Crippen molar-refractivity contribution in [2.45, 2.75) is 70.6 Å². The van der Waals surface area contributed by atoms with E-state index in [9.17, 15) is 4.79 Å². The van der Waals surface area contributed by atoms with Gasteiger partial charge in [0.2, 0.25) is 5.91 Å². The van der Waals surface area contributed by atoms with Crippen molar-refractivity contribution < 1.29 is 9.53 Å². The molecule has 1 fully saturated rings. The van der Waals surface area contributed by atoms with E-state index in [4.69, 9.17) is 4.74 Å². The van der Waals surface area contributed by atoms with Crippen LogP contribution in [0.5, 0.6) is 0 Å². The molecule has 2 rings (SSSR count). The second-order valence-electron chi connectivity index (χ2n) is 6.00. The molecule has 1 aromatic carbocycles. The maximum Gasteiger partial charge on any atom is 0.220 e. The minimum atomic E-state index is 0.132. The van der Waals surface area contributed by atoms with Gasteiger partial charge in [-0.3, -0.25) is 4.79 Å². The lowest BCUT2D eigenvalue weighted by Crippen LogP contribution is -2.29. The van der Waals surface area contributed by atoms with Crippen LogP contribution >= 0.6 is 0 Å². The number of amides is 1. The van der Waals surface area contributed by atoms with Crippen molar-refractivity contribution >= 4 is 5.91 Å². The molecule has 3 heteroatoms. The van der Waals surface area contributed by atoms with Gasteiger partial charge in [0.1, 0.15) is 0 Å². The first kappa shape index (κ1) is 16.0. The fraction of sp³-hybridized carbons (Fsp3) is 0.611. The topological polar surface area (TPSA) is 38.3 Å². The SMILES string of the molecule is CCCC(NC(=O)CCC1CCC(C)O1)c1ccccc1. The molecular formula is C18H27NO2. The standard InChI is InChI=1S/C18H27NO2/c1-3-7-17(15-8-5-4-6-9-15)19-18(20)13-12-16-11-10-14(2)21-16/h4-6,8-9,14,16-17H,3,7,10-13H2,1-2H3,(H,19,20). The highest BCUT2D eigenvalue weighted by Gasteiger charge is 2.22. The predicted octanol–water partition coefficient (Wildman–Crippen LogP) is 3.99. The summed E-state index contributed by atoms with van der Waals surface area (Å²) in [6, 6.07) is 10.4. The lowest BCUT2D eigenvalue weighted by molar-refractivity contribution is -0.122. The van der Waals surface area contributed by atoms with E-state index in [0.717, 1.165) is 32.1 Å². The molecule has 0 bridgehead atoms. The minimum Gasteiger partial charge on any atom is -0.375 e. The zero-order chi connectivity index (χ0) is 15.1. The molecule has 0 aliphatic carbocycles. The van der Waals surface area contributed by atoms with Crippen molar-refractivity contribution in [1.82, 2.24) is 5.32 Å². The maximum atomic E-state index is 12.2. The summed E-state index contributed by atoms with van der Waals surface area (Å²) in [5, 5.41) is 3.17. The lowest BCUT2D eigenvalue weighted by Gasteiger charge is -2.19. The minimum absolute atomic E-state index is 0.132. The summed E-state index contributed by atoms with van der Waals surface area (Å²) >= 11 is 0. The average Bonchev–Trinajstić information content (AvgIpc) is 2.91. The van der Waals surface area contributed by atoms with E-state index in [1.807, 2.05) is 18.2 Å². The third-order valence-electron chi connectivity index (χ3n) is 4.13. The van der Waals surface area contributed by atoms with Gasteiger partial charge in [0, 0.05) is 6.42 Å². The Morgan fingerprint density at radius 2 is 2.10 bits per heavy atom. The molecule has 3 nitrogen and oxygen atoms in total. The van der Waals surface area contributed by atoms with Gasteiger partial charge in [-0.2, -0.15) is 0 Å². The van der Waals surface area contributed by atoms with Crippen LogP contribution in [0.25, 0.3) is 0 Å². The Kier molecular flexibility index (Phi) is 6.24. The maximum absolute atomic E-state index is 12.2. The van der Waals surface area contributed by atoms with Crippen molar-refractivity contribution in [3.63, 3.8) is 0 Å². The molecule has 1 aliphatic heterocycles. The largest absolute Gasteiger partial charge is 0.375 e. The highest BCUT2D eigenvalue weighted by atomic mass is 16.5. The fourth-order valence-electron chi connectivity index (χ4n) is 2.95. The molecule has 0 saturated carbocycles. The molecule has 21 heavy (non-hydrogen) atoms. The van der Waals surface area contributed by atoms with Crippen molar-refractivity contribution in [3.8, 4) is 0 Å². The van der Waals surface area contributed by atoms with Gasteiger partial charge in [0.05, 0.1) is 18.2 Å². The zero-order valence-corrected chi connectivity index (χ0v) is 13.2. The Morgan fingerprint density at radius 3 is 2.71 bits per heavy atom. The highest BCUT2D eigenvalue weighted by Crippen LogP contribution is 2.23. The Morgan fingerprint density at radius 1 is 1.33 bits per heavy atom. The number of benzene rings is 1. The summed E-state index contributed by atoms with van der Waals surface area (Å²) in [6.07, 6.45) is 6.27. The summed E-state index contributed by atoms with van der Waals surface area (Å²) in [4.78, 5) is 12.2. The van der Waals surface area contributed by atoms with E-state index in [0.29, 0.717) is 12.5 Å². The van der Waals surface area contributed by atoms with E-state index in [-0.39, 0.29) is 18.1 Å². The molecule has 1 aliphatic rings. The number of carbonyl (C=O) groups is 1. The highest BCUT2D eigenvalue weighted by molar-refractivity contribution is 5.76. The molecule has 0 radical (unpaired) electrons. The molecule has 1 heterocycles. The van der Waals surface area contributed by atoms with E-state index >= 15 is 0 Å². The van der Waals surface area contributed by atoms with Gasteiger partial charge >= 0.3 is 0 Å². The monoisotopic (exact) mass is 289 g/mol. The van der Waals surface area contributed by atoms with E-state index < -0.39 is 0 Å². The van der Waals surface area contributed by atoms with Crippen LogP contribution in [-0.4, -0.2) is 18.1 Å². The number of nitrogens with one attached hydrogen (secondary N) is 1. The molecule has 116 valence electrons. The van der Waals surface area contributed by atoms with Crippen LogP contribution in [0.2, 0.25) is 0 Å². The smallest absolute Gasteiger partial charge is 0.220 e. The Bertz CT molecular complexity index is 432. The summed E-state index contributed by atoms with van der Waals surface area (Å²) in [5.74, 6) is 0.139. The fourth-order valence-corrected chi connectivity index (χ4v) is 2.95. The van der Waals surface area contributed by atoms with E-state index in [2.05, 4.69) is 31.3 Å². The van der Waals surface area contributed by atoms with Gasteiger partial charge < -0.3 is 10.1 Å². The van der Waals surface area contributed by atoms with Crippen LogP contribution in [0.1, 0.15) is 64.0 Å². The molecule has 3 unspecified atom stereocenters. The van der Waals surface area contributed by atoms with Crippen LogP contribution in [0.3, 0.4) is 0 Å². The van der Waals surface area contributed by atoms with Gasteiger partial charge in [-0.1, -0.05) is 43.7 Å². The van der Waals surface area contributed by atoms with E-state index in [1.165, 1.54) is 5.56 Å². The summed E-state index contributed by atoms with van der Waals surface area (Å²) in [6.45, 7) is 4.25. The molecule has 1 saturated heterocycles. The Hall–Kier alpha value is -1.35. The Balaban J connectivity index is 1.81. The third-order valence-corrected chi connectivity index (χ3v) is 4.13. The van der Waals surface area contributed by atoms with Crippen LogP contribution in [0, 0.1) is 0 Å². The number of hydrogen-bond acceptors (Lipinski definition) is 2. The van der Waals surface area contributed by atoms with Crippen LogP contribution < -0.4 is 5.32 Å².